The van der Waals surface area contributed by atoms with Crippen LogP contribution in [0.15, 0.2) is 87.1 Å². The molecule has 0 atom stereocenters. The van der Waals surface area contributed by atoms with Gasteiger partial charge in [0, 0.05) is 17.3 Å². The van der Waals surface area contributed by atoms with Crippen molar-refractivity contribution in [3.63, 3.8) is 0 Å². The molecule has 2 aromatic heterocycles. The molecule has 30 heavy (non-hydrogen) atoms. The first-order valence-corrected chi connectivity index (χ1v) is 9.81. The van der Waals surface area contributed by atoms with Gasteiger partial charge in [-0.25, -0.2) is 10.1 Å². The normalized spacial score (nSPS) is 11.0. The number of nitrogens with zero attached hydrogens (tertiary/aromatic N) is 3. The molecule has 2 heterocycles. The van der Waals surface area contributed by atoms with Crippen LogP contribution < -0.4 is 10.2 Å². The quantitative estimate of drug-likeness (QED) is 0.332. The van der Waals surface area contributed by atoms with E-state index in [2.05, 4.69) is 26.5 Å². The first-order valence-electron chi connectivity index (χ1n) is 9.02. The summed E-state index contributed by atoms with van der Waals surface area (Å²) in [5.41, 5.74) is 5.74. The van der Waals surface area contributed by atoms with E-state index in [-0.39, 0.29) is 5.76 Å². The summed E-state index contributed by atoms with van der Waals surface area (Å²) in [5, 5.41) is 8.79. The maximum absolute atomic E-state index is 12.1. The number of hydrogen-bond acceptors (Lipinski definition) is 5. The zero-order chi connectivity index (χ0) is 20.9. The van der Waals surface area contributed by atoms with E-state index in [1.54, 1.807) is 30.1 Å². The number of ether oxygens (including phenoxy) is 1. The van der Waals surface area contributed by atoms with Crippen molar-refractivity contribution in [3.8, 4) is 22.7 Å². The lowest BCUT2D eigenvalue weighted by Crippen LogP contribution is -2.16. The molecule has 0 aliphatic heterocycles. The van der Waals surface area contributed by atoms with E-state index < -0.39 is 5.91 Å². The van der Waals surface area contributed by atoms with Crippen molar-refractivity contribution in [3.05, 3.63) is 88.9 Å². The molecule has 0 bridgehead atoms. The van der Waals surface area contributed by atoms with Crippen LogP contribution in [-0.4, -0.2) is 29.0 Å². The van der Waals surface area contributed by atoms with Gasteiger partial charge in [-0.05, 0) is 64.5 Å². The van der Waals surface area contributed by atoms with Crippen LogP contribution in [0.2, 0.25) is 0 Å². The van der Waals surface area contributed by atoms with Crippen LogP contribution >= 0.6 is 15.9 Å². The van der Waals surface area contributed by atoms with Gasteiger partial charge in [-0.1, -0.05) is 18.2 Å². The summed E-state index contributed by atoms with van der Waals surface area (Å²) in [4.78, 5) is 12.1. The molecule has 7 nitrogen and oxygen atoms in total. The van der Waals surface area contributed by atoms with Crippen molar-refractivity contribution >= 4 is 28.1 Å². The molecule has 2 aromatic carbocycles. The van der Waals surface area contributed by atoms with Gasteiger partial charge in [-0.15, -0.1) is 0 Å². The van der Waals surface area contributed by atoms with E-state index in [4.69, 9.17) is 14.3 Å². The number of rotatable bonds is 6. The number of halogens is 1. The number of amides is 1. The molecule has 1 N–H and O–H groups in total. The van der Waals surface area contributed by atoms with E-state index in [9.17, 15) is 4.79 Å². The summed E-state index contributed by atoms with van der Waals surface area (Å²) < 4.78 is 12.7. The number of benzene rings is 2. The average Bonchev–Trinajstić information content (AvgIpc) is 3.41. The maximum atomic E-state index is 12.1. The van der Waals surface area contributed by atoms with Gasteiger partial charge in [0.1, 0.15) is 11.4 Å². The Bertz CT molecular complexity index is 1180. The van der Waals surface area contributed by atoms with Crippen LogP contribution in [0.3, 0.4) is 0 Å². The zero-order valence-electron chi connectivity index (χ0n) is 15.9. The lowest BCUT2D eigenvalue weighted by atomic mass is 10.1. The number of furan rings is 1. The van der Waals surface area contributed by atoms with Crippen LogP contribution in [0.25, 0.3) is 16.9 Å². The Kier molecular flexibility index (Phi) is 5.76. The van der Waals surface area contributed by atoms with Gasteiger partial charge >= 0.3 is 5.91 Å². The summed E-state index contributed by atoms with van der Waals surface area (Å²) in [6, 6.07) is 20.5. The predicted octanol–water partition coefficient (Wildman–Crippen LogP) is 4.67. The number of hydrazone groups is 1. The molecular formula is C22H17BrN4O3. The number of carbonyl (C=O) groups excluding carboxylic acids is 1. The van der Waals surface area contributed by atoms with Gasteiger partial charge in [0.25, 0.3) is 0 Å². The largest absolute Gasteiger partial charge is 0.497 e. The molecule has 4 rings (SSSR count). The Labute approximate surface area is 181 Å². The Morgan fingerprint density at radius 2 is 1.90 bits per heavy atom. The molecule has 0 aliphatic carbocycles. The standard InChI is InChI=1S/C22H17BrN4O3/c1-29-18-9-7-15(8-10-18)21-16(14-27(26-21)17-5-3-2-4-6-17)13-24-25-22(28)19-11-12-20(23)30-19/h2-14H,1H3,(H,25,28)/b24-13+. The van der Waals surface area contributed by atoms with Crippen LogP contribution in [0.4, 0.5) is 0 Å². The van der Waals surface area contributed by atoms with E-state index in [0.717, 1.165) is 28.3 Å². The fourth-order valence-corrected chi connectivity index (χ4v) is 3.13. The van der Waals surface area contributed by atoms with E-state index in [1.807, 2.05) is 60.8 Å². The maximum Gasteiger partial charge on any atom is 0.307 e. The van der Waals surface area contributed by atoms with Crippen LogP contribution in [-0.2, 0) is 0 Å². The monoisotopic (exact) mass is 464 g/mol. The van der Waals surface area contributed by atoms with Gasteiger partial charge in [0.05, 0.1) is 19.0 Å². The fraction of sp³-hybridized carbons (Fsp3) is 0.0455. The molecule has 0 saturated heterocycles. The van der Waals surface area contributed by atoms with E-state index in [0.29, 0.717) is 4.67 Å². The second-order valence-corrected chi connectivity index (χ2v) is 7.03. The van der Waals surface area contributed by atoms with Crippen molar-refractivity contribution in [2.24, 2.45) is 5.10 Å². The van der Waals surface area contributed by atoms with Gasteiger partial charge in [0.2, 0.25) is 0 Å². The first-order chi connectivity index (χ1) is 14.6. The first kappa shape index (κ1) is 19.7. The lowest BCUT2D eigenvalue weighted by molar-refractivity contribution is 0.0926. The lowest BCUT2D eigenvalue weighted by Gasteiger charge is -2.02. The Morgan fingerprint density at radius 1 is 1.13 bits per heavy atom. The van der Waals surface area contributed by atoms with Crippen LogP contribution in [0, 0.1) is 0 Å². The minimum absolute atomic E-state index is 0.161. The van der Waals surface area contributed by atoms with Gasteiger partial charge in [0.15, 0.2) is 10.4 Å². The molecule has 0 saturated carbocycles. The van der Waals surface area contributed by atoms with Crippen molar-refractivity contribution in [1.29, 1.82) is 0 Å². The Hall–Kier alpha value is -3.65. The summed E-state index contributed by atoms with van der Waals surface area (Å²) in [6.07, 6.45) is 3.41. The van der Waals surface area contributed by atoms with Crippen molar-refractivity contribution < 1.29 is 13.9 Å². The molecule has 0 spiro atoms. The molecule has 0 radical (unpaired) electrons. The number of hydrogen-bond donors (Lipinski definition) is 1. The predicted molar refractivity (Wildman–Crippen MR) is 117 cm³/mol. The summed E-state index contributed by atoms with van der Waals surface area (Å²) in [5.74, 6) is 0.473. The number of methoxy groups -OCH3 is 1. The average molecular weight is 465 g/mol. The summed E-state index contributed by atoms with van der Waals surface area (Å²) in [7, 11) is 1.62. The molecular weight excluding hydrogens is 448 g/mol. The molecule has 0 fully saturated rings. The highest BCUT2D eigenvalue weighted by atomic mass is 79.9. The van der Waals surface area contributed by atoms with Crippen LogP contribution in [0.1, 0.15) is 16.1 Å². The third kappa shape index (κ3) is 4.33. The second kappa shape index (κ2) is 8.79. The van der Waals surface area contributed by atoms with Crippen LogP contribution in [0.5, 0.6) is 5.75 Å². The van der Waals surface area contributed by atoms with Crippen molar-refractivity contribution in [2.75, 3.05) is 7.11 Å². The van der Waals surface area contributed by atoms with E-state index >= 15 is 0 Å². The molecule has 8 heteroatoms. The number of nitrogens with one attached hydrogen (secondary N) is 1. The van der Waals surface area contributed by atoms with Crippen molar-refractivity contribution in [1.82, 2.24) is 15.2 Å². The number of aromatic nitrogens is 2. The number of para-hydroxylation sites is 1. The highest BCUT2D eigenvalue weighted by Gasteiger charge is 2.12. The SMILES string of the molecule is COc1ccc(-c2nn(-c3ccccc3)cc2/C=N/NC(=O)c2ccc(Br)o2)cc1. The van der Waals surface area contributed by atoms with Gasteiger partial charge in [-0.2, -0.15) is 10.2 Å². The molecule has 4 aromatic rings. The van der Waals surface area contributed by atoms with Gasteiger partial charge < -0.3 is 9.15 Å². The molecule has 150 valence electrons. The molecule has 1 amide bonds. The Morgan fingerprint density at radius 3 is 2.57 bits per heavy atom. The Balaban J connectivity index is 1.64. The highest BCUT2D eigenvalue weighted by Crippen LogP contribution is 2.25. The summed E-state index contributed by atoms with van der Waals surface area (Å²) >= 11 is 3.17. The minimum atomic E-state index is -0.446. The van der Waals surface area contributed by atoms with Crippen molar-refractivity contribution in [2.45, 2.75) is 0 Å². The smallest absolute Gasteiger partial charge is 0.307 e. The third-order valence-electron chi connectivity index (χ3n) is 4.29. The highest BCUT2D eigenvalue weighted by molar-refractivity contribution is 9.10. The minimum Gasteiger partial charge on any atom is -0.497 e. The summed E-state index contributed by atoms with van der Waals surface area (Å²) in [6.45, 7) is 0. The third-order valence-corrected chi connectivity index (χ3v) is 4.72. The fourth-order valence-electron chi connectivity index (χ4n) is 2.82. The number of carbonyl (C=O) groups is 1. The zero-order valence-corrected chi connectivity index (χ0v) is 17.5. The second-order valence-electron chi connectivity index (χ2n) is 6.24. The van der Waals surface area contributed by atoms with E-state index in [1.165, 1.54) is 0 Å². The molecule has 0 unspecified atom stereocenters. The molecule has 0 aliphatic rings. The topological polar surface area (TPSA) is 81.6 Å². The van der Waals surface area contributed by atoms with Gasteiger partial charge in [-0.3, -0.25) is 4.79 Å².